The van der Waals surface area contributed by atoms with Gasteiger partial charge in [-0.3, -0.25) is 14.5 Å². The summed E-state index contributed by atoms with van der Waals surface area (Å²) in [5.74, 6) is 0.253. The third-order valence-corrected chi connectivity index (χ3v) is 5.65. The highest BCUT2D eigenvalue weighted by molar-refractivity contribution is 5.79. The van der Waals surface area contributed by atoms with Gasteiger partial charge in [0.2, 0.25) is 11.8 Å². The maximum atomic E-state index is 12.3. The van der Waals surface area contributed by atoms with E-state index in [4.69, 9.17) is 0 Å². The van der Waals surface area contributed by atoms with Gasteiger partial charge in [-0.1, -0.05) is 50.6 Å². The summed E-state index contributed by atoms with van der Waals surface area (Å²) >= 11 is 0. The second kappa shape index (κ2) is 13.4. The normalized spacial score (nSPS) is 17.1. The molecular weight excluding hydrogens is 362 g/mol. The van der Waals surface area contributed by atoms with Crippen LogP contribution in [0.5, 0.6) is 0 Å². The molecule has 0 bridgehead atoms. The number of likely N-dealkylation sites (tertiary alicyclic amines) is 1. The molecule has 0 saturated carbocycles. The number of nitrogens with one attached hydrogen (secondary N) is 1. The predicted octanol–water partition coefficient (Wildman–Crippen LogP) is 3.98. The molecule has 162 valence electrons. The largest absolute Gasteiger partial charge is 0.355 e. The number of hydrogen-bond acceptors (Lipinski definition) is 3. The number of nitrogens with zero attached hydrogens (tertiary/aromatic N) is 2. The first-order valence-electron chi connectivity index (χ1n) is 11.5. The van der Waals surface area contributed by atoms with Crippen molar-refractivity contribution in [3.63, 3.8) is 0 Å². The Hall–Kier alpha value is -1.88. The molecule has 29 heavy (non-hydrogen) atoms. The minimum absolute atomic E-state index is 0.0700. The van der Waals surface area contributed by atoms with Gasteiger partial charge in [-0.2, -0.15) is 0 Å². The maximum Gasteiger partial charge on any atom is 0.222 e. The topological polar surface area (TPSA) is 52.7 Å². The molecule has 1 aromatic rings. The van der Waals surface area contributed by atoms with Gasteiger partial charge in [0.1, 0.15) is 0 Å². The molecule has 5 nitrogen and oxygen atoms in total. The van der Waals surface area contributed by atoms with Crippen LogP contribution >= 0.6 is 0 Å². The third-order valence-electron chi connectivity index (χ3n) is 5.65. The fourth-order valence-electron chi connectivity index (χ4n) is 4.10. The van der Waals surface area contributed by atoms with Crippen molar-refractivity contribution < 1.29 is 9.59 Å². The molecule has 1 unspecified atom stereocenters. The first-order chi connectivity index (χ1) is 14.1. The van der Waals surface area contributed by atoms with E-state index in [1.165, 1.54) is 18.4 Å². The van der Waals surface area contributed by atoms with Gasteiger partial charge in [0.15, 0.2) is 0 Å². The Labute approximate surface area is 176 Å². The molecule has 1 aliphatic rings. The summed E-state index contributed by atoms with van der Waals surface area (Å²) in [6.07, 6.45) is 7.08. The van der Waals surface area contributed by atoms with E-state index in [2.05, 4.69) is 48.3 Å². The molecule has 0 spiro atoms. The molecule has 1 heterocycles. The molecule has 0 aliphatic carbocycles. The highest BCUT2D eigenvalue weighted by Crippen LogP contribution is 2.19. The van der Waals surface area contributed by atoms with Gasteiger partial charge < -0.3 is 10.2 Å². The van der Waals surface area contributed by atoms with E-state index < -0.39 is 0 Å². The number of carbonyl (C=O) groups is 2. The number of piperidine rings is 1. The summed E-state index contributed by atoms with van der Waals surface area (Å²) in [6, 6.07) is 11.0. The van der Waals surface area contributed by atoms with Crippen LogP contribution in [-0.2, 0) is 16.1 Å². The van der Waals surface area contributed by atoms with Crippen molar-refractivity contribution in [3.8, 4) is 0 Å². The van der Waals surface area contributed by atoms with E-state index >= 15 is 0 Å². The van der Waals surface area contributed by atoms with Gasteiger partial charge in [0.25, 0.3) is 0 Å². The van der Waals surface area contributed by atoms with Gasteiger partial charge in [-0.05, 0) is 44.2 Å². The fraction of sp³-hybridized carbons (Fsp3) is 0.667. The first kappa shape index (κ1) is 23.4. The molecule has 0 aromatic heterocycles. The highest BCUT2D eigenvalue weighted by atomic mass is 16.2. The lowest BCUT2D eigenvalue weighted by Crippen LogP contribution is -2.46. The lowest BCUT2D eigenvalue weighted by atomic mass is 10.0. The fourth-order valence-corrected chi connectivity index (χ4v) is 4.10. The molecule has 2 amide bonds. The number of carbonyl (C=O) groups excluding carboxylic acids is 2. The molecular formula is C24H39N3O2. The number of amides is 2. The third kappa shape index (κ3) is 8.57. The summed E-state index contributed by atoms with van der Waals surface area (Å²) in [6.45, 7) is 8.56. The van der Waals surface area contributed by atoms with Gasteiger partial charge >= 0.3 is 0 Å². The monoisotopic (exact) mass is 401 g/mol. The van der Waals surface area contributed by atoms with E-state index in [1.54, 1.807) is 0 Å². The van der Waals surface area contributed by atoms with Crippen molar-refractivity contribution >= 4 is 11.8 Å². The van der Waals surface area contributed by atoms with Crippen LogP contribution in [0.15, 0.2) is 30.3 Å². The van der Waals surface area contributed by atoms with E-state index in [-0.39, 0.29) is 11.8 Å². The first-order valence-corrected chi connectivity index (χ1v) is 11.5. The standard InChI is InChI=1S/C24H39N3O2/c1-3-16-26(17-4-2)24(29)15-10-14-23(28)25-19-22-13-8-9-18-27(22)20-21-11-6-5-7-12-21/h5-7,11-12,22H,3-4,8-10,13-20H2,1-2H3,(H,25,28). The van der Waals surface area contributed by atoms with E-state index in [0.717, 1.165) is 45.4 Å². The molecule has 0 radical (unpaired) electrons. The minimum atomic E-state index is 0.0700. The molecule has 1 aromatic carbocycles. The zero-order chi connectivity index (χ0) is 20.9. The highest BCUT2D eigenvalue weighted by Gasteiger charge is 2.23. The van der Waals surface area contributed by atoms with E-state index in [9.17, 15) is 9.59 Å². The van der Waals surface area contributed by atoms with Crippen molar-refractivity contribution in [1.82, 2.24) is 15.1 Å². The summed E-state index contributed by atoms with van der Waals surface area (Å²) in [4.78, 5) is 29.0. The van der Waals surface area contributed by atoms with Gasteiger partial charge in [0, 0.05) is 45.1 Å². The maximum absolute atomic E-state index is 12.3. The van der Waals surface area contributed by atoms with Gasteiger partial charge in [-0.15, -0.1) is 0 Å². The Balaban J connectivity index is 1.70. The van der Waals surface area contributed by atoms with Crippen LogP contribution in [0.25, 0.3) is 0 Å². The van der Waals surface area contributed by atoms with Crippen molar-refractivity contribution in [2.75, 3.05) is 26.2 Å². The van der Waals surface area contributed by atoms with Gasteiger partial charge in [0.05, 0.1) is 0 Å². The molecule has 1 N–H and O–H groups in total. The van der Waals surface area contributed by atoms with Crippen LogP contribution in [0.1, 0.15) is 70.8 Å². The summed E-state index contributed by atoms with van der Waals surface area (Å²) in [7, 11) is 0. The molecule has 1 aliphatic heterocycles. The van der Waals surface area contributed by atoms with E-state index in [1.807, 2.05) is 11.0 Å². The molecule has 1 atom stereocenters. The molecule has 2 rings (SSSR count). The Morgan fingerprint density at radius 3 is 2.48 bits per heavy atom. The summed E-state index contributed by atoms with van der Waals surface area (Å²) < 4.78 is 0. The average molecular weight is 402 g/mol. The van der Waals surface area contributed by atoms with Crippen LogP contribution in [0, 0.1) is 0 Å². The second-order valence-corrected chi connectivity index (χ2v) is 8.14. The Kier molecular flexibility index (Phi) is 10.8. The number of benzene rings is 1. The van der Waals surface area contributed by atoms with Crippen molar-refractivity contribution in [1.29, 1.82) is 0 Å². The number of hydrogen-bond donors (Lipinski definition) is 1. The quantitative estimate of drug-likeness (QED) is 0.576. The molecule has 1 saturated heterocycles. The van der Waals surface area contributed by atoms with Crippen LogP contribution in [-0.4, -0.2) is 53.8 Å². The minimum Gasteiger partial charge on any atom is -0.355 e. The summed E-state index contributed by atoms with van der Waals surface area (Å²) in [5.41, 5.74) is 1.33. The predicted molar refractivity (Wildman–Crippen MR) is 119 cm³/mol. The van der Waals surface area contributed by atoms with Crippen LogP contribution in [0.4, 0.5) is 0 Å². The lowest BCUT2D eigenvalue weighted by molar-refractivity contribution is -0.131. The summed E-state index contributed by atoms with van der Waals surface area (Å²) in [5, 5.41) is 3.12. The molecule has 5 heteroatoms. The Morgan fingerprint density at radius 2 is 1.79 bits per heavy atom. The Morgan fingerprint density at radius 1 is 1.07 bits per heavy atom. The van der Waals surface area contributed by atoms with Crippen molar-refractivity contribution in [2.45, 2.75) is 77.8 Å². The van der Waals surface area contributed by atoms with Gasteiger partial charge in [-0.25, -0.2) is 0 Å². The van der Waals surface area contributed by atoms with Crippen LogP contribution in [0.2, 0.25) is 0 Å². The van der Waals surface area contributed by atoms with Crippen molar-refractivity contribution in [3.05, 3.63) is 35.9 Å². The van der Waals surface area contributed by atoms with E-state index in [0.29, 0.717) is 31.8 Å². The zero-order valence-electron chi connectivity index (χ0n) is 18.4. The zero-order valence-corrected chi connectivity index (χ0v) is 18.4. The second-order valence-electron chi connectivity index (χ2n) is 8.14. The van der Waals surface area contributed by atoms with Crippen LogP contribution < -0.4 is 5.32 Å². The van der Waals surface area contributed by atoms with Crippen molar-refractivity contribution in [2.24, 2.45) is 0 Å². The Bertz CT molecular complexity index is 599. The smallest absolute Gasteiger partial charge is 0.222 e. The SMILES string of the molecule is CCCN(CCC)C(=O)CCCC(=O)NCC1CCCCN1Cc1ccccc1. The average Bonchev–Trinajstić information content (AvgIpc) is 2.73. The number of rotatable bonds is 12. The van der Waals surface area contributed by atoms with Crippen LogP contribution in [0.3, 0.4) is 0 Å². The lowest BCUT2D eigenvalue weighted by Gasteiger charge is -2.36. The molecule has 1 fully saturated rings.